The van der Waals surface area contributed by atoms with Crippen molar-refractivity contribution in [1.29, 1.82) is 0 Å². The topological polar surface area (TPSA) is 44.8 Å². The van der Waals surface area contributed by atoms with Crippen LogP contribution in [0.3, 0.4) is 0 Å². The molecule has 0 fully saturated rings. The van der Waals surface area contributed by atoms with E-state index in [4.69, 9.17) is 12.5 Å². The number of hydrogen-bond donors (Lipinski definition) is 0. The van der Waals surface area contributed by atoms with Crippen LogP contribution in [0, 0.1) is 5.92 Å². The van der Waals surface area contributed by atoms with E-state index in [-0.39, 0.29) is 11.5 Å². The molecule has 0 spiro atoms. The fourth-order valence-corrected chi connectivity index (χ4v) is 2.47. The predicted octanol–water partition coefficient (Wildman–Crippen LogP) is 4.94. The minimum atomic E-state index is -0.660. The maximum absolute atomic E-state index is 12.1. The highest BCUT2D eigenvalue weighted by Gasteiger charge is 2.31. The van der Waals surface area contributed by atoms with E-state index >= 15 is 0 Å². The Bertz CT molecular complexity index is 354. The monoisotopic (exact) mass is 425 g/mol. The largest absolute Gasteiger partial charge is 0.468 e. The first kappa shape index (κ1) is 22.2. The SMILES string of the molecule is CC(C)CC(C)(C)OC(=O)[B]C(C)(C)OCCC(C)(C)OI. The first-order chi connectivity index (χ1) is 9.79. The average molecular weight is 425 g/mol. The molecular weight excluding hydrogens is 394 g/mol. The molecule has 0 aliphatic heterocycles. The second-order valence-corrected chi connectivity index (χ2v) is 8.40. The van der Waals surface area contributed by atoms with Crippen molar-refractivity contribution < 1.29 is 17.3 Å². The lowest BCUT2D eigenvalue weighted by Crippen LogP contribution is -2.42. The van der Waals surface area contributed by atoms with Gasteiger partial charge in [-0.25, -0.2) is 0 Å². The van der Waals surface area contributed by atoms with Crippen LogP contribution in [0.25, 0.3) is 0 Å². The van der Waals surface area contributed by atoms with Gasteiger partial charge < -0.3 is 12.5 Å². The van der Waals surface area contributed by atoms with Gasteiger partial charge in [0.2, 0.25) is 5.87 Å². The van der Waals surface area contributed by atoms with E-state index in [0.29, 0.717) is 12.5 Å². The zero-order valence-corrected chi connectivity index (χ0v) is 17.4. The molecule has 0 bridgehead atoms. The van der Waals surface area contributed by atoms with Gasteiger partial charge in [0.15, 0.2) is 0 Å². The molecule has 0 aromatic heterocycles. The van der Waals surface area contributed by atoms with Gasteiger partial charge in [0.05, 0.1) is 5.60 Å². The number of halogens is 1. The van der Waals surface area contributed by atoms with Crippen LogP contribution in [0.5, 0.6) is 0 Å². The molecule has 0 rings (SSSR count). The highest BCUT2D eigenvalue weighted by atomic mass is 127. The Morgan fingerprint density at radius 2 is 1.64 bits per heavy atom. The van der Waals surface area contributed by atoms with Crippen molar-refractivity contribution in [2.24, 2.45) is 5.92 Å². The average Bonchev–Trinajstić information content (AvgIpc) is 2.24. The van der Waals surface area contributed by atoms with Crippen LogP contribution in [0.4, 0.5) is 4.79 Å². The molecule has 0 aliphatic rings. The zero-order valence-electron chi connectivity index (χ0n) is 15.3. The Hall–Kier alpha value is 0.185. The van der Waals surface area contributed by atoms with E-state index in [9.17, 15) is 4.79 Å². The van der Waals surface area contributed by atoms with E-state index in [0.717, 1.165) is 12.8 Å². The third kappa shape index (κ3) is 10.8. The number of carbonyl (C=O) groups is 1. The minimum absolute atomic E-state index is 0.240. The Labute approximate surface area is 151 Å². The van der Waals surface area contributed by atoms with Crippen molar-refractivity contribution in [3.05, 3.63) is 0 Å². The third-order valence-corrected chi connectivity index (χ3v) is 4.32. The van der Waals surface area contributed by atoms with Gasteiger partial charge in [-0.05, 0) is 53.9 Å². The molecule has 0 heterocycles. The van der Waals surface area contributed by atoms with Crippen molar-refractivity contribution in [2.45, 2.75) is 84.9 Å². The first-order valence-corrected chi connectivity index (χ1v) is 8.69. The van der Waals surface area contributed by atoms with Crippen LogP contribution in [0.1, 0.15) is 68.2 Å². The number of ether oxygens (including phenoxy) is 2. The summed E-state index contributed by atoms with van der Waals surface area (Å²) < 4.78 is 16.7. The van der Waals surface area contributed by atoms with Crippen LogP contribution in [-0.2, 0) is 12.5 Å². The molecule has 129 valence electrons. The lowest BCUT2D eigenvalue weighted by molar-refractivity contribution is 0.0100. The van der Waals surface area contributed by atoms with Crippen molar-refractivity contribution in [1.82, 2.24) is 0 Å². The van der Waals surface area contributed by atoms with Crippen LogP contribution < -0.4 is 0 Å². The van der Waals surface area contributed by atoms with Crippen molar-refractivity contribution >= 4 is 36.2 Å². The second-order valence-electron chi connectivity index (χ2n) is 7.96. The molecule has 1 radical (unpaired) electrons. The summed E-state index contributed by atoms with van der Waals surface area (Å²) in [6, 6.07) is 0. The molecule has 0 unspecified atom stereocenters. The van der Waals surface area contributed by atoms with Crippen LogP contribution >= 0.6 is 23.0 Å². The quantitative estimate of drug-likeness (QED) is 0.368. The maximum Gasteiger partial charge on any atom is 0.300 e. The van der Waals surface area contributed by atoms with Gasteiger partial charge in [-0.2, -0.15) is 0 Å². The van der Waals surface area contributed by atoms with Crippen molar-refractivity contribution in [3.63, 3.8) is 0 Å². The fraction of sp³-hybridized carbons (Fsp3) is 0.938. The summed E-state index contributed by atoms with van der Waals surface area (Å²) in [7, 11) is 1.51. The summed E-state index contributed by atoms with van der Waals surface area (Å²) in [5.41, 5.74) is -1.36. The molecule has 0 saturated carbocycles. The van der Waals surface area contributed by atoms with E-state index in [1.807, 2.05) is 64.5 Å². The van der Waals surface area contributed by atoms with E-state index in [2.05, 4.69) is 13.8 Å². The van der Waals surface area contributed by atoms with E-state index < -0.39 is 11.1 Å². The highest BCUT2D eigenvalue weighted by molar-refractivity contribution is 14.1. The molecular formula is C16H31BIO4. The van der Waals surface area contributed by atoms with Crippen LogP contribution in [0.2, 0.25) is 0 Å². The molecule has 0 aromatic rings. The number of hydrogen-bond acceptors (Lipinski definition) is 4. The third-order valence-electron chi connectivity index (χ3n) is 3.13. The van der Waals surface area contributed by atoms with Gasteiger partial charge in [-0.1, -0.05) is 13.8 Å². The first-order valence-electron chi connectivity index (χ1n) is 7.81. The molecule has 6 heteroatoms. The van der Waals surface area contributed by atoms with Crippen molar-refractivity contribution in [2.75, 3.05) is 6.61 Å². The lowest BCUT2D eigenvalue weighted by atomic mass is 9.62. The predicted molar refractivity (Wildman–Crippen MR) is 99.6 cm³/mol. The molecule has 0 saturated heterocycles. The molecule has 0 amide bonds. The molecule has 0 aromatic carbocycles. The van der Waals surface area contributed by atoms with Gasteiger partial charge in [-0.3, -0.25) is 4.79 Å². The Morgan fingerprint density at radius 3 is 2.09 bits per heavy atom. The summed E-state index contributed by atoms with van der Waals surface area (Å²) in [5.74, 6) is 0.141. The van der Waals surface area contributed by atoms with Gasteiger partial charge in [-0.15, -0.1) is 0 Å². The van der Waals surface area contributed by atoms with Gasteiger partial charge >= 0.3 is 7.28 Å². The van der Waals surface area contributed by atoms with Gasteiger partial charge in [0.25, 0.3) is 0 Å². The van der Waals surface area contributed by atoms with Crippen LogP contribution in [0.15, 0.2) is 0 Å². The molecule has 0 N–H and O–H groups in total. The summed E-state index contributed by atoms with van der Waals surface area (Å²) in [4.78, 5) is 12.1. The molecule has 22 heavy (non-hydrogen) atoms. The number of rotatable bonds is 10. The highest BCUT2D eigenvalue weighted by Crippen LogP contribution is 2.22. The van der Waals surface area contributed by atoms with Gasteiger partial charge in [0.1, 0.15) is 28.6 Å². The standard InChI is InChI=1S/C16H31BIO4/c1-12(2)11-15(5,6)21-13(19)17-16(7,8)20-10-9-14(3,4)22-18/h12H,9-11H2,1-8H3. The Balaban J connectivity index is 4.32. The Morgan fingerprint density at radius 1 is 1.09 bits per heavy atom. The smallest absolute Gasteiger partial charge is 0.300 e. The van der Waals surface area contributed by atoms with Gasteiger partial charge in [0, 0.05) is 18.5 Å². The summed E-state index contributed by atoms with van der Waals surface area (Å²) in [5, 5.41) is 0. The number of carbonyl (C=O) groups excluding carboxylic acids is 1. The Kier molecular flexibility index (Phi) is 8.95. The fourth-order valence-electron chi connectivity index (χ4n) is 2.25. The summed E-state index contributed by atoms with van der Waals surface area (Å²) in [6.07, 6.45) is 1.58. The minimum Gasteiger partial charge on any atom is -0.468 e. The van der Waals surface area contributed by atoms with E-state index in [1.54, 1.807) is 0 Å². The zero-order chi connectivity index (χ0) is 17.6. The maximum atomic E-state index is 12.1. The van der Waals surface area contributed by atoms with Crippen molar-refractivity contribution in [3.8, 4) is 0 Å². The molecule has 4 nitrogen and oxygen atoms in total. The summed E-state index contributed by atoms with van der Waals surface area (Å²) >= 11 is 1.90. The normalized spacial score (nSPS) is 13.4. The van der Waals surface area contributed by atoms with Crippen LogP contribution in [-0.4, -0.2) is 36.5 Å². The van der Waals surface area contributed by atoms with E-state index in [1.165, 1.54) is 7.28 Å². The molecule has 0 atom stereocenters. The lowest BCUT2D eigenvalue weighted by Gasteiger charge is -2.30. The summed E-state index contributed by atoms with van der Waals surface area (Å²) in [6.45, 7) is 16.3. The molecule has 0 aliphatic carbocycles. The second kappa shape index (κ2) is 8.88.